The van der Waals surface area contributed by atoms with Crippen molar-refractivity contribution in [3.8, 4) is 0 Å². The maximum Gasteiger partial charge on any atom is 0.326 e. The first-order valence-electron chi connectivity index (χ1n) is 11.1. The summed E-state index contributed by atoms with van der Waals surface area (Å²) >= 11 is 0. The van der Waals surface area contributed by atoms with Gasteiger partial charge >= 0.3 is 6.03 Å². The normalized spacial score (nSPS) is 16.6. The molecule has 0 radical (unpaired) electrons. The maximum absolute atomic E-state index is 12.9. The van der Waals surface area contributed by atoms with E-state index in [0.717, 1.165) is 17.4 Å². The van der Waals surface area contributed by atoms with Crippen molar-refractivity contribution in [2.75, 3.05) is 19.8 Å². The van der Waals surface area contributed by atoms with Gasteiger partial charge in [0, 0.05) is 31.7 Å². The van der Waals surface area contributed by atoms with E-state index < -0.39 is 9.84 Å². The fourth-order valence-corrected chi connectivity index (χ4v) is 4.41. The van der Waals surface area contributed by atoms with Gasteiger partial charge in [-0.15, -0.1) is 0 Å². The highest BCUT2D eigenvalue weighted by Gasteiger charge is 2.36. The molecule has 1 aliphatic rings. The molecule has 178 valence electrons. The van der Waals surface area contributed by atoms with Crippen molar-refractivity contribution in [3.63, 3.8) is 0 Å². The Morgan fingerprint density at radius 1 is 0.882 bits per heavy atom. The molecule has 6 nitrogen and oxygen atoms in total. The van der Waals surface area contributed by atoms with Crippen LogP contribution in [0, 0.1) is 0 Å². The number of carbonyl (C=O) groups is 2. The zero-order valence-electron chi connectivity index (χ0n) is 19.7. The smallest absolute Gasteiger partial charge is 0.323 e. The van der Waals surface area contributed by atoms with Gasteiger partial charge in [0.25, 0.3) is 0 Å². The van der Waals surface area contributed by atoms with Gasteiger partial charge in [-0.3, -0.25) is 9.69 Å². The molecule has 3 aromatic carbocycles. The average molecular weight is 479 g/mol. The minimum Gasteiger partial charge on any atom is -0.323 e. The number of amides is 3. The average Bonchev–Trinajstić information content (AvgIpc) is 3.11. The van der Waals surface area contributed by atoms with Crippen LogP contribution >= 0.6 is 0 Å². The molecular formula is C27H30N2O4S. The highest BCUT2D eigenvalue weighted by atomic mass is 32.2. The van der Waals surface area contributed by atoms with E-state index in [1.807, 2.05) is 73.7 Å². The lowest BCUT2D eigenvalue weighted by Crippen LogP contribution is -2.35. The number of hydrogen-bond acceptors (Lipinski definition) is 4. The molecule has 0 N–H and O–H groups in total. The number of carbonyl (C=O) groups excluding carboxylic acids is 2. The number of hydrogen-bond donors (Lipinski definition) is 0. The van der Waals surface area contributed by atoms with E-state index in [1.165, 1.54) is 4.90 Å². The zero-order valence-corrected chi connectivity index (χ0v) is 20.5. The van der Waals surface area contributed by atoms with Crippen LogP contribution in [0.1, 0.15) is 30.4 Å². The zero-order chi connectivity index (χ0) is 24.7. The fraction of sp³-hybridized carbons (Fsp3) is 0.259. The van der Waals surface area contributed by atoms with E-state index in [2.05, 4.69) is 0 Å². The standard InChI is InChI=1S/C21H24N2O4S.C6H6/c1-15-14-23(21(25)22(15)2)20(24)13-19(16-7-5-4-6-8-16)17-9-11-18(12-10-17)28(3,26)27;1-2-4-6-5-3-1/h4-12,15,19H,13-14H2,1-3H3;1-6H/t15?,19-;/m0./s1. The Labute approximate surface area is 201 Å². The summed E-state index contributed by atoms with van der Waals surface area (Å²) in [5.74, 6) is -0.501. The molecule has 2 atom stereocenters. The van der Waals surface area contributed by atoms with Crippen LogP contribution in [0.15, 0.2) is 95.9 Å². The molecule has 1 fully saturated rings. The molecule has 0 saturated carbocycles. The second-order valence-electron chi connectivity index (χ2n) is 8.41. The summed E-state index contributed by atoms with van der Waals surface area (Å²) in [4.78, 5) is 28.3. The molecule has 3 aromatic rings. The highest BCUT2D eigenvalue weighted by molar-refractivity contribution is 7.90. The van der Waals surface area contributed by atoms with Gasteiger partial charge in [0.05, 0.1) is 11.4 Å². The second-order valence-corrected chi connectivity index (χ2v) is 10.4. The Bertz CT molecular complexity index is 1170. The van der Waals surface area contributed by atoms with E-state index in [4.69, 9.17) is 0 Å². The molecule has 1 unspecified atom stereocenters. The van der Waals surface area contributed by atoms with Crippen LogP contribution < -0.4 is 0 Å². The highest BCUT2D eigenvalue weighted by Crippen LogP contribution is 2.30. The van der Waals surface area contributed by atoms with Gasteiger partial charge in [-0.2, -0.15) is 0 Å². The predicted molar refractivity (Wildman–Crippen MR) is 133 cm³/mol. The van der Waals surface area contributed by atoms with Crippen LogP contribution in [0.3, 0.4) is 0 Å². The largest absolute Gasteiger partial charge is 0.326 e. The third kappa shape index (κ3) is 6.32. The Hall–Kier alpha value is -3.45. The van der Waals surface area contributed by atoms with Gasteiger partial charge < -0.3 is 4.90 Å². The molecule has 1 saturated heterocycles. The monoisotopic (exact) mass is 478 g/mol. The number of benzene rings is 3. The molecule has 34 heavy (non-hydrogen) atoms. The van der Waals surface area contributed by atoms with Crippen molar-refractivity contribution >= 4 is 21.8 Å². The molecule has 0 spiro atoms. The lowest BCUT2D eigenvalue weighted by Gasteiger charge is -2.21. The summed E-state index contributed by atoms with van der Waals surface area (Å²) in [5.41, 5.74) is 1.77. The van der Waals surface area contributed by atoms with Crippen molar-refractivity contribution in [3.05, 3.63) is 102 Å². The summed E-state index contributed by atoms with van der Waals surface area (Å²) in [6.07, 6.45) is 1.30. The predicted octanol–water partition coefficient (Wildman–Crippen LogP) is 4.58. The third-order valence-corrected chi connectivity index (χ3v) is 7.03. The Balaban J connectivity index is 0.000000469. The van der Waals surface area contributed by atoms with Crippen molar-refractivity contribution in [2.45, 2.75) is 30.2 Å². The second kappa shape index (κ2) is 11.1. The van der Waals surface area contributed by atoms with Crippen LogP contribution in [0.25, 0.3) is 0 Å². The first kappa shape index (κ1) is 25.2. The minimum atomic E-state index is -3.29. The van der Waals surface area contributed by atoms with Crippen LogP contribution in [0.4, 0.5) is 4.79 Å². The number of likely N-dealkylation sites (N-methyl/N-ethyl adjacent to an activating group) is 1. The number of nitrogens with zero attached hydrogens (tertiary/aromatic N) is 2. The number of urea groups is 1. The van der Waals surface area contributed by atoms with Gasteiger partial charge in [-0.25, -0.2) is 13.2 Å². The first-order valence-corrected chi connectivity index (χ1v) is 13.0. The molecular weight excluding hydrogens is 448 g/mol. The topological polar surface area (TPSA) is 74.8 Å². The molecule has 0 aromatic heterocycles. The molecule has 4 rings (SSSR count). The van der Waals surface area contributed by atoms with Gasteiger partial charge in [0.1, 0.15) is 0 Å². The fourth-order valence-electron chi connectivity index (χ4n) is 3.78. The Kier molecular flexibility index (Phi) is 8.23. The molecule has 0 aliphatic carbocycles. The summed E-state index contributed by atoms with van der Waals surface area (Å²) in [7, 11) is -1.60. The maximum atomic E-state index is 12.9. The summed E-state index contributed by atoms with van der Waals surface area (Å²) < 4.78 is 23.5. The van der Waals surface area contributed by atoms with Gasteiger partial charge in [-0.05, 0) is 30.2 Å². The third-order valence-electron chi connectivity index (χ3n) is 5.90. The Morgan fingerprint density at radius 3 is 1.79 bits per heavy atom. The lowest BCUT2D eigenvalue weighted by molar-refractivity contribution is -0.127. The van der Waals surface area contributed by atoms with Crippen LogP contribution in [0.2, 0.25) is 0 Å². The number of sulfone groups is 1. The minimum absolute atomic E-state index is 0.0133. The van der Waals surface area contributed by atoms with Crippen molar-refractivity contribution in [1.29, 1.82) is 0 Å². The number of imide groups is 1. The van der Waals surface area contributed by atoms with Crippen molar-refractivity contribution in [1.82, 2.24) is 9.80 Å². The number of rotatable bonds is 5. The molecule has 1 aliphatic heterocycles. The summed E-state index contributed by atoms with van der Waals surface area (Å²) in [6, 6.07) is 27.9. The van der Waals surface area contributed by atoms with Crippen molar-refractivity contribution in [2.24, 2.45) is 0 Å². The van der Waals surface area contributed by atoms with E-state index >= 15 is 0 Å². The van der Waals surface area contributed by atoms with Crippen LogP contribution in [0.5, 0.6) is 0 Å². The van der Waals surface area contributed by atoms with Gasteiger partial charge in [0.15, 0.2) is 9.84 Å². The molecule has 0 bridgehead atoms. The van der Waals surface area contributed by atoms with E-state index in [9.17, 15) is 18.0 Å². The van der Waals surface area contributed by atoms with Crippen LogP contribution in [-0.2, 0) is 14.6 Å². The lowest BCUT2D eigenvalue weighted by atomic mass is 9.88. The summed E-state index contributed by atoms with van der Waals surface area (Å²) in [5, 5.41) is 0. The van der Waals surface area contributed by atoms with Gasteiger partial charge in [0.2, 0.25) is 5.91 Å². The molecule has 1 heterocycles. The quantitative estimate of drug-likeness (QED) is 0.538. The first-order chi connectivity index (χ1) is 16.2. The van der Waals surface area contributed by atoms with E-state index in [1.54, 1.807) is 36.2 Å². The Morgan fingerprint density at radius 2 is 1.35 bits per heavy atom. The van der Waals surface area contributed by atoms with Crippen LogP contribution in [-0.4, -0.2) is 56.0 Å². The molecule has 3 amide bonds. The van der Waals surface area contributed by atoms with E-state index in [-0.39, 0.29) is 35.2 Å². The van der Waals surface area contributed by atoms with Crippen molar-refractivity contribution < 1.29 is 18.0 Å². The SMILES string of the molecule is CC1CN(C(=O)C[C@@H](c2ccccc2)c2ccc(S(C)(=O)=O)cc2)C(=O)N1C.c1ccccc1. The van der Waals surface area contributed by atoms with E-state index in [0.29, 0.717) is 6.54 Å². The van der Waals surface area contributed by atoms with Gasteiger partial charge in [-0.1, -0.05) is 78.9 Å². The summed E-state index contributed by atoms with van der Waals surface area (Å²) in [6.45, 7) is 2.28. The molecule has 7 heteroatoms.